The van der Waals surface area contributed by atoms with Crippen LogP contribution >= 0.6 is 11.6 Å². The molecule has 110 valence electrons. The Labute approximate surface area is 124 Å². The number of rotatable bonds is 4. The van der Waals surface area contributed by atoms with E-state index in [9.17, 15) is 4.79 Å². The number of ether oxygens (including phenoxy) is 2. The average Bonchev–Trinajstić information content (AvgIpc) is 2.67. The first-order chi connectivity index (χ1) is 9.70. The highest BCUT2D eigenvalue weighted by Crippen LogP contribution is 2.20. The summed E-state index contributed by atoms with van der Waals surface area (Å²) in [5.74, 6) is 0.278. The molecular weight excluding hydrogens is 278 g/mol. The first-order valence-corrected chi connectivity index (χ1v) is 7.16. The predicted molar refractivity (Wildman–Crippen MR) is 77.9 cm³/mol. The molecular formula is C15H20ClNO3. The monoisotopic (exact) mass is 297 g/mol. The van der Waals surface area contributed by atoms with Gasteiger partial charge in [-0.05, 0) is 18.1 Å². The van der Waals surface area contributed by atoms with Crippen molar-refractivity contribution >= 4 is 17.5 Å². The molecule has 1 aliphatic heterocycles. The zero-order chi connectivity index (χ0) is 14.4. The topological polar surface area (TPSA) is 38.8 Å². The Morgan fingerprint density at radius 2 is 2.30 bits per heavy atom. The van der Waals surface area contributed by atoms with Crippen molar-refractivity contribution in [2.24, 2.45) is 5.92 Å². The van der Waals surface area contributed by atoms with E-state index < -0.39 is 0 Å². The molecule has 5 heteroatoms. The molecule has 0 aliphatic carbocycles. The van der Waals surface area contributed by atoms with E-state index in [1.54, 1.807) is 0 Å². The summed E-state index contributed by atoms with van der Waals surface area (Å²) >= 11 is 6.19. The summed E-state index contributed by atoms with van der Waals surface area (Å²) < 4.78 is 10.5. The van der Waals surface area contributed by atoms with Crippen LogP contribution in [0.4, 0.5) is 0 Å². The molecule has 4 nitrogen and oxygen atoms in total. The maximum atomic E-state index is 11.9. The van der Waals surface area contributed by atoms with Crippen molar-refractivity contribution in [2.75, 3.05) is 40.0 Å². The minimum atomic E-state index is 0.0159. The third-order valence-corrected chi connectivity index (χ3v) is 3.79. The van der Waals surface area contributed by atoms with Gasteiger partial charge in [0, 0.05) is 31.1 Å². The molecule has 0 aromatic heterocycles. The van der Waals surface area contributed by atoms with Crippen molar-refractivity contribution in [3.63, 3.8) is 0 Å². The lowest BCUT2D eigenvalue weighted by Crippen LogP contribution is -2.38. The Hall–Kier alpha value is -1.10. The number of carbonyl (C=O) groups is 1. The van der Waals surface area contributed by atoms with E-state index in [-0.39, 0.29) is 18.4 Å². The van der Waals surface area contributed by atoms with Gasteiger partial charge < -0.3 is 14.4 Å². The molecule has 2 rings (SSSR count). The van der Waals surface area contributed by atoms with E-state index >= 15 is 0 Å². The molecule has 0 spiro atoms. The number of hydrogen-bond acceptors (Lipinski definition) is 3. The maximum Gasteiger partial charge on any atom is 0.248 e. The van der Waals surface area contributed by atoms with Crippen molar-refractivity contribution in [3.05, 3.63) is 34.9 Å². The highest BCUT2D eigenvalue weighted by Gasteiger charge is 2.23. The van der Waals surface area contributed by atoms with Gasteiger partial charge in [-0.25, -0.2) is 0 Å². The SMILES string of the molecule is COCC(=O)N1CCOC[C@H](Cc2ccccc2Cl)C1. The Kier molecular flexibility index (Phi) is 5.83. The second-order valence-corrected chi connectivity index (χ2v) is 5.42. The van der Waals surface area contributed by atoms with Gasteiger partial charge in [0.25, 0.3) is 0 Å². The van der Waals surface area contributed by atoms with E-state index in [2.05, 4.69) is 0 Å². The van der Waals surface area contributed by atoms with Crippen LogP contribution < -0.4 is 0 Å². The quantitative estimate of drug-likeness (QED) is 0.853. The molecule has 0 unspecified atom stereocenters. The zero-order valence-corrected chi connectivity index (χ0v) is 12.4. The number of halogens is 1. The highest BCUT2D eigenvalue weighted by molar-refractivity contribution is 6.31. The Morgan fingerprint density at radius 1 is 1.50 bits per heavy atom. The molecule has 0 bridgehead atoms. The van der Waals surface area contributed by atoms with Crippen LogP contribution in [0.25, 0.3) is 0 Å². The molecule has 0 saturated carbocycles. The van der Waals surface area contributed by atoms with E-state index in [1.165, 1.54) is 7.11 Å². The summed E-state index contributed by atoms with van der Waals surface area (Å²) in [6.45, 7) is 2.67. The van der Waals surface area contributed by atoms with Gasteiger partial charge in [-0.3, -0.25) is 4.79 Å². The second kappa shape index (κ2) is 7.62. The first kappa shape index (κ1) is 15.3. The van der Waals surface area contributed by atoms with Gasteiger partial charge in [-0.2, -0.15) is 0 Å². The Morgan fingerprint density at radius 3 is 3.05 bits per heavy atom. The second-order valence-electron chi connectivity index (χ2n) is 5.01. The molecule has 20 heavy (non-hydrogen) atoms. The van der Waals surface area contributed by atoms with E-state index in [4.69, 9.17) is 21.1 Å². The van der Waals surface area contributed by atoms with Crippen molar-refractivity contribution < 1.29 is 14.3 Å². The molecule has 1 heterocycles. The van der Waals surface area contributed by atoms with E-state index in [0.29, 0.717) is 26.3 Å². The lowest BCUT2D eigenvalue weighted by Gasteiger charge is -2.23. The van der Waals surface area contributed by atoms with Gasteiger partial charge >= 0.3 is 0 Å². The van der Waals surface area contributed by atoms with Crippen molar-refractivity contribution in [1.82, 2.24) is 4.90 Å². The molecule has 0 N–H and O–H groups in total. The van der Waals surface area contributed by atoms with Gasteiger partial charge in [-0.15, -0.1) is 0 Å². The number of carbonyl (C=O) groups excluding carboxylic acids is 1. The average molecular weight is 298 g/mol. The standard InChI is InChI=1S/C15H20ClNO3/c1-19-11-15(18)17-6-7-20-10-12(9-17)8-13-4-2-3-5-14(13)16/h2-5,12H,6-11H2,1H3/t12-/m1/s1. The minimum absolute atomic E-state index is 0.0159. The normalized spacial score (nSPS) is 19.7. The van der Waals surface area contributed by atoms with Gasteiger partial charge in [0.15, 0.2) is 0 Å². The summed E-state index contributed by atoms with van der Waals surface area (Å²) in [6.07, 6.45) is 0.816. The predicted octanol–water partition coefficient (Wildman–Crippen LogP) is 2.00. The zero-order valence-electron chi connectivity index (χ0n) is 11.7. The van der Waals surface area contributed by atoms with Gasteiger partial charge in [0.1, 0.15) is 6.61 Å². The molecule has 1 aromatic carbocycles. The van der Waals surface area contributed by atoms with Crippen LogP contribution in [0.15, 0.2) is 24.3 Å². The third-order valence-electron chi connectivity index (χ3n) is 3.42. The molecule has 0 radical (unpaired) electrons. The lowest BCUT2D eigenvalue weighted by atomic mass is 9.99. The molecule has 1 atom stereocenters. The summed E-state index contributed by atoms with van der Waals surface area (Å²) in [5, 5.41) is 0.770. The van der Waals surface area contributed by atoms with Crippen LogP contribution in [0.5, 0.6) is 0 Å². The third kappa shape index (κ3) is 4.20. The number of methoxy groups -OCH3 is 1. The van der Waals surface area contributed by atoms with Crippen LogP contribution in [0.1, 0.15) is 5.56 Å². The van der Waals surface area contributed by atoms with Crippen molar-refractivity contribution in [3.8, 4) is 0 Å². The molecule has 1 fully saturated rings. The first-order valence-electron chi connectivity index (χ1n) is 6.78. The van der Waals surface area contributed by atoms with Crippen LogP contribution in [0.2, 0.25) is 5.02 Å². The van der Waals surface area contributed by atoms with Crippen molar-refractivity contribution in [2.45, 2.75) is 6.42 Å². The Balaban J connectivity index is 2.00. The van der Waals surface area contributed by atoms with Gasteiger partial charge in [-0.1, -0.05) is 29.8 Å². The highest BCUT2D eigenvalue weighted by atomic mass is 35.5. The molecule has 1 aliphatic rings. The number of hydrogen-bond donors (Lipinski definition) is 0. The fourth-order valence-corrected chi connectivity index (χ4v) is 2.63. The van der Waals surface area contributed by atoms with Gasteiger partial charge in [0.2, 0.25) is 5.91 Å². The van der Waals surface area contributed by atoms with Crippen LogP contribution in [0, 0.1) is 5.92 Å². The van der Waals surface area contributed by atoms with Crippen LogP contribution in [0.3, 0.4) is 0 Å². The van der Waals surface area contributed by atoms with E-state index in [1.807, 2.05) is 29.2 Å². The molecule has 1 amide bonds. The van der Waals surface area contributed by atoms with Crippen LogP contribution in [-0.4, -0.2) is 50.8 Å². The van der Waals surface area contributed by atoms with E-state index in [0.717, 1.165) is 17.0 Å². The number of amides is 1. The smallest absolute Gasteiger partial charge is 0.248 e. The van der Waals surface area contributed by atoms with Crippen LogP contribution in [-0.2, 0) is 20.7 Å². The largest absolute Gasteiger partial charge is 0.379 e. The Bertz CT molecular complexity index is 452. The van der Waals surface area contributed by atoms with Crippen molar-refractivity contribution in [1.29, 1.82) is 0 Å². The molecule has 1 saturated heterocycles. The summed E-state index contributed by atoms with van der Waals surface area (Å²) in [7, 11) is 1.54. The lowest BCUT2D eigenvalue weighted by molar-refractivity contribution is -0.135. The maximum absolute atomic E-state index is 11.9. The number of nitrogens with zero attached hydrogens (tertiary/aromatic N) is 1. The number of benzene rings is 1. The molecule has 1 aromatic rings. The fourth-order valence-electron chi connectivity index (χ4n) is 2.42. The summed E-state index contributed by atoms with van der Waals surface area (Å²) in [6, 6.07) is 7.81. The fraction of sp³-hybridized carbons (Fsp3) is 0.533. The summed E-state index contributed by atoms with van der Waals surface area (Å²) in [4.78, 5) is 13.8. The van der Waals surface area contributed by atoms with Gasteiger partial charge in [0.05, 0.1) is 13.2 Å². The summed E-state index contributed by atoms with van der Waals surface area (Å²) in [5.41, 5.74) is 1.10. The minimum Gasteiger partial charge on any atom is -0.379 e.